The summed E-state index contributed by atoms with van der Waals surface area (Å²) in [4.78, 5) is 13.1. The van der Waals surface area contributed by atoms with Gasteiger partial charge in [-0.2, -0.15) is 0 Å². The van der Waals surface area contributed by atoms with Crippen molar-refractivity contribution >= 4 is 5.91 Å². The number of ether oxygens (including phenoxy) is 4. The first-order valence-corrected chi connectivity index (χ1v) is 24.2. The molecule has 2 heterocycles. The van der Waals surface area contributed by atoms with Crippen LogP contribution in [0.5, 0.6) is 0 Å². The van der Waals surface area contributed by atoms with Gasteiger partial charge in [-0.15, -0.1) is 0 Å². The molecule has 0 aromatic rings. The van der Waals surface area contributed by atoms with Crippen molar-refractivity contribution in [2.75, 3.05) is 19.8 Å². The Bertz CT molecular complexity index is 1190. The molecule has 1 amide bonds. The van der Waals surface area contributed by atoms with Gasteiger partial charge in [-0.05, 0) is 51.4 Å². The molecule has 0 radical (unpaired) electrons. The molecule has 9 N–H and O–H groups in total. The van der Waals surface area contributed by atoms with Gasteiger partial charge in [-0.1, -0.05) is 147 Å². The third-order valence-corrected chi connectivity index (χ3v) is 11.8. The first kappa shape index (κ1) is 56.3. The van der Waals surface area contributed by atoms with Crippen molar-refractivity contribution < 1.29 is 64.6 Å². The Labute approximate surface area is 372 Å². The molecule has 2 saturated heterocycles. The number of rotatable bonds is 36. The van der Waals surface area contributed by atoms with Gasteiger partial charge >= 0.3 is 0 Å². The summed E-state index contributed by atoms with van der Waals surface area (Å²) in [5.74, 6) is -0.251. The summed E-state index contributed by atoms with van der Waals surface area (Å²) in [5.41, 5.74) is 0. The van der Waals surface area contributed by atoms with E-state index < -0.39 is 86.8 Å². The van der Waals surface area contributed by atoms with Crippen LogP contribution in [0.4, 0.5) is 0 Å². The van der Waals surface area contributed by atoms with Crippen LogP contribution >= 0.6 is 0 Å². The fourth-order valence-corrected chi connectivity index (χ4v) is 7.79. The maximum absolute atomic E-state index is 13.1. The van der Waals surface area contributed by atoms with E-state index in [9.17, 15) is 45.6 Å². The Morgan fingerprint density at radius 1 is 0.581 bits per heavy atom. The lowest BCUT2D eigenvalue weighted by atomic mass is 9.97. The van der Waals surface area contributed by atoms with E-state index >= 15 is 0 Å². The Balaban J connectivity index is 1.86. The minimum absolute atomic E-state index is 0.251. The van der Waals surface area contributed by atoms with Gasteiger partial charge in [0.05, 0.1) is 32.0 Å². The fraction of sp³-hybridized carbons (Fsp3) is 0.854. The summed E-state index contributed by atoms with van der Waals surface area (Å²) in [6.45, 7) is 2.72. The molecular weight excluding hydrogens is 799 g/mol. The van der Waals surface area contributed by atoms with E-state index in [1.165, 1.54) is 83.5 Å². The van der Waals surface area contributed by atoms with Crippen LogP contribution in [0.2, 0.25) is 0 Å². The lowest BCUT2D eigenvalue weighted by Crippen LogP contribution is -2.65. The highest BCUT2D eigenvalue weighted by molar-refractivity contribution is 5.76. The molecule has 0 spiro atoms. The van der Waals surface area contributed by atoms with Crippen molar-refractivity contribution in [1.29, 1.82) is 0 Å². The Morgan fingerprint density at radius 2 is 1.06 bits per heavy atom. The van der Waals surface area contributed by atoms with Gasteiger partial charge in [0.15, 0.2) is 12.6 Å². The smallest absolute Gasteiger partial charge is 0.220 e. The average molecular weight is 886 g/mol. The van der Waals surface area contributed by atoms with Gasteiger partial charge in [0.25, 0.3) is 0 Å². The van der Waals surface area contributed by atoms with E-state index in [0.717, 1.165) is 57.8 Å². The zero-order valence-electron chi connectivity index (χ0n) is 38.1. The number of allylic oxidation sites excluding steroid dienone is 5. The Hall–Kier alpha value is -1.79. The SMILES string of the molecule is CCCCC/C=C\C/C=C\CCCCCCCCCC(=O)NC(COC1OC(CO)C(OC2OC(CO)C(O)C(O)C2O)C(O)C1O)C(O)/C=C/CCCCCCCCCCC. The van der Waals surface area contributed by atoms with Crippen LogP contribution < -0.4 is 5.32 Å². The predicted octanol–water partition coefficient (Wildman–Crippen LogP) is 5.54. The number of hydrogen-bond donors (Lipinski definition) is 9. The second-order valence-corrected chi connectivity index (χ2v) is 17.2. The molecule has 2 aliphatic rings. The molecule has 2 aliphatic heterocycles. The molecule has 14 heteroatoms. The van der Waals surface area contributed by atoms with Gasteiger partial charge in [-0.3, -0.25) is 4.79 Å². The summed E-state index contributed by atoms with van der Waals surface area (Å²) in [6, 6.07) is -0.915. The summed E-state index contributed by atoms with van der Waals surface area (Å²) >= 11 is 0. The molecule has 12 unspecified atom stereocenters. The quantitative estimate of drug-likeness (QED) is 0.0279. The molecule has 0 saturated carbocycles. The van der Waals surface area contributed by atoms with E-state index in [1.807, 2.05) is 6.08 Å². The summed E-state index contributed by atoms with van der Waals surface area (Å²) < 4.78 is 22.6. The van der Waals surface area contributed by atoms with Crippen LogP contribution in [-0.4, -0.2) is 140 Å². The second kappa shape index (κ2) is 35.5. The topological polar surface area (TPSA) is 228 Å². The number of aliphatic hydroxyl groups is 8. The van der Waals surface area contributed by atoms with Gasteiger partial charge in [0.2, 0.25) is 5.91 Å². The van der Waals surface area contributed by atoms with Crippen molar-refractivity contribution in [1.82, 2.24) is 5.32 Å². The maximum atomic E-state index is 13.1. The highest BCUT2D eigenvalue weighted by atomic mass is 16.7. The van der Waals surface area contributed by atoms with Crippen molar-refractivity contribution in [3.05, 3.63) is 36.5 Å². The largest absolute Gasteiger partial charge is 0.394 e. The molecule has 0 aromatic heterocycles. The molecule has 0 aromatic carbocycles. The number of carbonyl (C=O) groups is 1. The Morgan fingerprint density at radius 3 is 1.65 bits per heavy atom. The highest BCUT2D eigenvalue weighted by Gasteiger charge is 2.51. The number of unbranched alkanes of at least 4 members (excludes halogenated alkanes) is 19. The summed E-state index contributed by atoms with van der Waals surface area (Å²) in [6.07, 6.45) is 21.8. The zero-order valence-corrected chi connectivity index (χ0v) is 38.1. The molecule has 0 aliphatic carbocycles. The normalized spacial score (nSPS) is 28.0. The van der Waals surface area contributed by atoms with Gasteiger partial charge in [-0.25, -0.2) is 0 Å². The standard InChI is InChI=1S/C48H87NO13/c1-3-5-7-9-11-13-15-16-17-18-19-20-22-24-26-28-30-32-40(53)49-36(37(52)31-29-27-25-23-21-14-12-10-8-6-4-2)35-59-47-45(58)43(56)46(39(34-51)61-47)62-48-44(57)42(55)41(54)38(33-50)60-48/h11,13,16-17,29,31,36-39,41-48,50-52,54-58H,3-10,12,14-15,18-28,30,32-35H2,1-2H3,(H,49,53)/b13-11-,17-16-,31-29+. The zero-order chi connectivity index (χ0) is 45.4. The summed E-state index contributed by atoms with van der Waals surface area (Å²) in [7, 11) is 0. The fourth-order valence-electron chi connectivity index (χ4n) is 7.79. The molecular formula is C48H87NO13. The lowest BCUT2D eigenvalue weighted by molar-refractivity contribution is -0.359. The average Bonchev–Trinajstić information content (AvgIpc) is 3.27. The molecule has 62 heavy (non-hydrogen) atoms. The van der Waals surface area contributed by atoms with Crippen LogP contribution in [0.1, 0.15) is 168 Å². The number of amides is 1. The van der Waals surface area contributed by atoms with Crippen molar-refractivity contribution in [2.24, 2.45) is 0 Å². The number of nitrogens with one attached hydrogen (secondary N) is 1. The maximum Gasteiger partial charge on any atom is 0.220 e. The molecule has 14 nitrogen and oxygen atoms in total. The molecule has 2 rings (SSSR count). The second-order valence-electron chi connectivity index (χ2n) is 17.2. The van der Waals surface area contributed by atoms with Crippen LogP contribution in [0, 0.1) is 0 Å². The minimum Gasteiger partial charge on any atom is -0.394 e. The monoisotopic (exact) mass is 886 g/mol. The van der Waals surface area contributed by atoms with Gasteiger partial charge in [0, 0.05) is 6.42 Å². The van der Waals surface area contributed by atoms with Crippen LogP contribution in [-0.2, 0) is 23.7 Å². The molecule has 362 valence electrons. The number of carbonyl (C=O) groups excluding carboxylic acids is 1. The van der Waals surface area contributed by atoms with Crippen molar-refractivity contribution in [3.8, 4) is 0 Å². The van der Waals surface area contributed by atoms with Crippen LogP contribution in [0.15, 0.2) is 36.5 Å². The first-order chi connectivity index (χ1) is 30.1. The minimum atomic E-state index is -1.79. The van der Waals surface area contributed by atoms with E-state index in [1.54, 1.807) is 6.08 Å². The third kappa shape index (κ3) is 22.9. The van der Waals surface area contributed by atoms with Crippen LogP contribution in [0.3, 0.4) is 0 Å². The summed E-state index contributed by atoms with van der Waals surface area (Å²) in [5, 5.41) is 86.5. The lowest BCUT2D eigenvalue weighted by Gasteiger charge is -2.46. The van der Waals surface area contributed by atoms with E-state index in [2.05, 4.69) is 43.5 Å². The van der Waals surface area contributed by atoms with E-state index in [0.29, 0.717) is 6.42 Å². The van der Waals surface area contributed by atoms with Crippen LogP contribution in [0.25, 0.3) is 0 Å². The van der Waals surface area contributed by atoms with Gasteiger partial charge < -0.3 is 65.1 Å². The number of aliphatic hydroxyl groups excluding tert-OH is 8. The first-order valence-electron chi connectivity index (χ1n) is 24.2. The van der Waals surface area contributed by atoms with Crippen molar-refractivity contribution in [3.63, 3.8) is 0 Å². The highest BCUT2D eigenvalue weighted by Crippen LogP contribution is 2.30. The van der Waals surface area contributed by atoms with Gasteiger partial charge in [0.1, 0.15) is 48.8 Å². The van der Waals surface area contributed by atoms with E-state index in [-0.39, 0.29) is 18.9 Å². The predicted molar refractivity (Wildman–Crippen MR) is 240 cm³/mol. The molecule has 2 fully saturated rings. The Kier molecular flexibility index (Phi) is 32.2. The third-order valence-electron chi connectivity index (χ3n) is 11.8. The number of hydrogen-bond acceptors (Lipinski definition) is 13. The van der Waals surface area contributed by atoms with E-state index in [4.69, 9.17) is 18.9 Å². The van der Waals surface area contributed by atoms with Crippen molar-refractivity contribution in [2.45, 2.75) is 242 Å². The molecule has 12 atom stereocenters. The molecule has 0 bridgehead atoms.